The average Bonchev–Trinajstić information content (AvgIpc) is 2.91. The van der Waals surface area contributed by atoms with Crippen molar-refractivity contribution in [2.75, 3.05) is 17.4 Å². The fraction of sp³-hybridized carbons (Fsp3) is 0.333. The van der Waals surface area contributed by atoms with Gasteiger partial charge in [-0.25, -0.2) is 8.42 Å². The van der Waals surface area contributed by atoms with Crippen molar-refractivity contribution in [1.82, 2.24) is 10.2 Å². The molecular weight excluding hydrogens is 534 g/mol. The van der Waals surface area contributed by atoms with Crippen molar-refractivity contribution in [2.24, 2.45) is 5.92 Å². The summed E-state index contributed by atoms with van der Waals surface area (Å²) >= 11 is 6.05. The zero-order chi connectivity index (χ0) is 28.7. The van der Waals surface area contributed by atoms with E-state index in [4.69, 9.17) is 11.6 Å². The Morgan fingerprint density at radius 1 is 0.923 bits per heavy atom. The summed E-state index contributed by atoms with van der Waals surface area (Å²) in [5, 5.41) is 3.43. The molecule has 0 aliphatic carbocycles. The molecule has 0 fully saturated rings. The van der Waals surface area contributed by atoms with Crippen molar-refractivity contribution >= 4 is 39.1 Å². The molecule has 39 heavy (non-hydrogen) atoms. The quantitative estimate of drug-likeness (QED) is 0.338. The number of amides is 2. The summed E-state index contributed by atoms with van der Waals surface area (Å²) in [7, 11) is -4.10. The molecular formula is C30H36ClN3O4S. The predicted molar refractivity (Wildman–Crippen MR) is 156 cm³/mol. The van der Waals surface area contributed by atoms with Crippen LogP contribution in [0.15, 0.2) is 77.7 Å². The standard InChI is InChI=1S/C30H36ClN3O4S/c1-21(2)18-32-30(36)24(5)33(19-25-13-15-26(31)16-14-25)29(35)20-34(28-17-22(3)11-12-23(28)4)39(37,38)27-9-7-6-8-10-27/h6-17,21,24H,18-20H2,1-5H3,(H,32,36). The normalized spacial score (nSPS) is 12.2. The van der Waals surface area contributed by atoms with E-state index in [1.165, 1.54) is 17.0 Å². The van der Waals surface area contributed by atoms with Crippen molar-refractivity contribution in [3.63, 3.8) is 0 Å². The van der Waals surface area contributed by atoms with Gasteiger partial charge in [0.1, 0.15) is 12.6 Å². The first-order chi connectivity index (χ1) is 18.4. The van der Waals surface area contributed by atoms with E-state index in [-0.39, 0.29) is 23.3 Å². The number of hydrogen-bond donors (Lipinski definition) is 1. The van der Waals surface area contributed by atoms with Gasteiger partial charge in [0.05, 0.1) is 10.6 Å². The molecule has 3 aromatic rings. The van der Waals surface area contributed by atoms with E-state index < -0.39 is 28.5 Å². The minimum absolute atomic E-state index is 0.0747. The molecule has 0 bridgehead atoms. The van der Waals surface area contributed by atoms with E-state index in [1.807, 2.05) is 32.9 Å². The summed E-state index contributed by atoms with van der Waals surface area (Å²) in [4.78, 5) is 28.5. The molecule has 2 amide bonds. The summed E-state index contributed by atoms with van der Waals surface area (Å²) in [6.45, 7) is 9.39. The van der Waals surface area contributed by atoms with Crippen LogP contribution in [0.3, 0.4) is 0 Å². The van der Waals surface area contributed by atoms with Crippen molar-refractivity contribution in [3.8, 4) is 0 Å². The molecule has 3 rings (SSSR count). The second-order valence-corrected chi connectivity index (χ2v) is 12.4. The van der Waals surface area contributed by atoms with Crippen molar-refractivity contribution in [3.05, 3.63) is 94.5 Å². The van der Waals surface area contributed by atoms with Crippen LogP contribution in [0, 0.1) is 19.8 Å². The minimum Gasteiger partial charge on any atom is -0.354 e. The lowest BCUT2D eigenvalue weighted by Gasteiger charge is -2.32. The van der Waals surface area contributed by atoms with Gasteiger partial charge in [0, 0.05) is 18.1 Å². The van der Waals surface area contributed by atoms with Gasteiger partial charge < -0.3 is 10.2 Å². The molecule has 7 nitrogen and oxygen atoms in total. The summed E-state index contributed by atoms with van der Waals surface area (Å²) in [6, 6.07) is 19.7. The van der Waals surface area contributed by atoms with Crippen molar-refractivity contribution in [2.45, 2.75) is 52.1 Å². The summed E-state index contributed by atoms with van der Waals surface area (Å²) in [5.41, 5.74) is 2.74. The Hall–Kier alpha value is -3.36. The first kappa shape index (κ1) is 30.2. The molecule has 3 aromatic carbocycles. The molecule has 208 valence electrons. The third-order valence-corrected chi connectivity index (χ3v) is 8.39. The lowest BCUT2D eigenvalue weighted by atomic mass is 10.1. The lowest BCUT2D eigenvalue weighted by Crippen LogP contribution is -2.51. The summed E-state index contributed by atoms with van der Waals surface area (Å²) in [5.74, 6) is -0.579. The van der Waals surface area contributed by atoms with E-state index in [0.717, 1.165) is 15.4 Å². The van der Waals surface area contributed by atoms with Crippen LogP contribution in [-0.4, -0.2) is 44.3 Å². The van der Waals surface area contributed by atoms with E-state index >= 15 is 0 Å². The van der Waals surface area contributed by atoms with Crippen LogP contribution in [0.2, 0.25) is 5.02 Å². The fourth-order valence-electron chi connectivity index (χ4n) is 4.04. The monoisotopic (exact) mass is 569 g/mol. The Bertz CT molecular complexity index is 1390. The molecule has 1 atom stereocenters. The first-order valence-corrected chi connectivity index (χ1v) is 14.7. The van der Waals surface area contributed by atoms with Crippen molar-refractivity contribution < 1.29 is 18.0 Å². The van der Waals surface area contributed by atoms with Crippen LogP contribution in [0.5, 0.6) is 0 Å². The number of halogens is 1. The van der Waals surface area contributed by atoms with Crippen molar-refractivity contribution in [1.29, 1.82) is 0 Å². The van der Waals surface area contributed by atoms with Crippen LogP contribution in [0.1, 0.15) is 37.5 Å². The minimum atomic E-state index is -4.10. The van der Waals surface area contributed by atoms with E-state index in [9.17, 15) is 18.0 Å². The molecule has 0 aliphatic rings. The van der Waals surface area contributed by atoms with E-state index in [1.54, 1.807) is 62.4 Å². The number of nitrogens with one attached hydrogen (secondary N) is 1. The SMILES string of the molecule is Cc1ccc(C)c(N(CC(=O)N(Cc2ccc(Cl)cc2)C(C)C(=O)NCC(C)C)S(=O)(=O)c2ccccc2)c1. The second kappa shape index (κ2) is 13.1. The fourth-order valence-corrected chi connectivity index (χ4v) is 5.66. The van der Waals surface area contributed by atoms with Crippen LogP contribution in [0.4, 0.5) is 5.69 Å². The van der Waals surface area contributed by atoms with Gasteiger partial charge in [0.2, 0.25) is 11.8 Å². The van der Waals surface area contributed by atoms with Gasteiger partial charge >= 0.3 is 0 Å². The van der Waals surface area contributed by atoms with Gasteiger partial charge in [-0.2, -0.15) is 0 Å². The zero-order valence-electron chi connectivity index (χ0n) is 23.0. The number of benzene rings is 3. The highest BCUT2D eigenvalue weighted by molar-refractivity contribution is 7.92. The number of sulfonamides is 1. The van der Waals surface area contributed by atoms with Crippen LogP contribution >= 0.6 is 11.6 Å². The highest BCUT2D eigenvalue weighted by atomic mass is 35.5. The number of hydrogen-bond acceptors (Lipinski definition) is 4. The van der Waals surface area contributed by atoms with Gasteiger partial charge in [-0.3, -0.25) is 13.9 Å². The Kier molecular flexibility index (Phi) is 10.2. The van der Waals surface area contributed by atoms with Gasteiger partial charge in [-0.1, -0.05) is 67.9 Å². The number of aryl methyl sites for hydroxylation is 2. The number of carbonyl (C=O) groups excluding carboxylic acids is 2. The Morgan fingerprint density at radius 2 is 1.56 bits per heavy atom. The Morgan fingerprint density at radius 3 is 2.18 bits per heavy atom. The van der Waals surface area contributed by atoms with Crippen LogP contribution < -0.4 is 9.62 Å². The molecule has 0 saturated heterocycles. The maximum atomic E-state index is 14.0. The number of anilines is 1. The molecule has 1 N–H and O–H groups in total. The lowest BCUT2D eigenvalue weighted by molar-refractivity contribution is -0.139. The first-order valence-electron chi connectivity index (χ1n) is 12.9. The summed E-state index contributed by atoms with van der Waals surface area (Å²) in [6.07, 6.45) is 0. The van der Waals surface area contributed by atoms with E-state index in [2.05, 4.69) is 5.32 Å². The molecule has 0 heterocycles. The zero-order valence-corrected chi connectivity index (χ0v) is 24.6. The number of carbonyl (C=O) groups is 2. The van der Waals surface area contributed by atoms with Gasteiger partial charge in [-0.15, -0.1) is 0 Å². The molecule has 0 aromatic heterocycles. The summed E-state index contributed by atoms with van der Waals surface area (Å²) < 4.78 is 28.9. The highest BCUT2D eigenvalue weighted by Crippen LogP contribution is 2.28. The van der Waals surface area contributed by atoms with Crippen LogP contribution in [0.25, 0.3) is 0 Å². The van der Waals surface area contributed by atoms with Gasteiger partial charge in [-0.05, 0) is 73.7 Å². The van der Waals surface area contributed by atoms with E-state index in [0.29, 0.717) is 22.8 Å². The second-order valence-electron chi connectivity index (χ2n) is 10.1. The molecule has 9 heteroatoms. The average molecular weight is 570 g/mol. The van der Waals surface area contributed by atoms with Crippen LogP contribution in [-0.2, 0) is 26.2 Å². The van der Waals surface area contributed by atoms with Gasteiger partial charge in [0.25, 0.3) is 10.0 Å². The Balaban J connectivity index is 2.03. The maximum Gasteiger partial charge on any atom is 0.264 e. The number of rotatable bonds is 11. The molecule has 0 spiro atoms. The third-order valence-electron chi connectivity index (χ3n) is 6.36. The smallest absolute Gasteiger partial charge is 0.264 e. The number of nitrogens with zero attached hydrogens (tertiary/aromatic N) is 2. The topological polar surface area (TPSA) is 86.8 Å². The predicted octanol–water partition coefficient (Wildman–Crippen LogP) is 5.34. The van der Waals surface area contributed by atoms with Gasteiger partial charge in [0.15, 0.2) is 0 Å². The molecule has 1 unspecified atom stereocenters. The molecule has 0 aliphatic heterocycles. The molecule has 0 radical (unpaired) electrons. The Labute approximate surface area is 236 Å². The highest BCUT2D eigenvalue weighted by Gasteiger charge is 2.33. The largest absolute Gasteiger partial charge is 0.354 e. The molecule has 0 saturated carbocycles. The third kappa shape index (κ3) is 7.83. The maximum absolute atomic E-state index is 14.0.